The summed E-state index contributed by atoms with van der Waals surface area (Å²) in [6, 6.07) is 11.9. The van der Waals surface area contributed by atoms with Gasteiger partial charge in [-0.05, 0) is 41.0 Å². The van der Waals surface area contributed by atoms with Crippen molar-refractivity contribution in [3.63, 3.8) is 0 Å². The van der Waals surface area contributed by atoms with E-state index in [9.17, 15) is 12.8 Å². The van der Waals surface area contributed by atoms with Crippen molar-refractivity contribution >= 4 is 39.8 Å². The molecule has 3 rings (SSSR count). The standard InChI is InChI=1S/C20H23FN6O2S.HI/c1-22-20(24-10-15-3-7-19(8-4-15)27-14-23-13-26-27)25-11-17-9-18(21)6-5-16(17)12-30(2,28)29;/h3-9,13-14H,10-12H2,1-2H3,(H2,22,24,25);1H. The lowest BCUT2D eigenvalue weighted by Gasteiger charge is -2.14. The highest BCUT2D eigenvalue weighted by Crippen LogP contribution is 2.14. The van der Waals surface area contributed by atoms with E-state index in [1.807, 2.05) is 24.3 Å². The van der Waals surface area contributed by atoms with Crippen LogP contribution in [0.25, 0.3) is 5.69 Å². The van der Waals surface area contributed by atoms with E-state index in [0.717, 1.165) is 17.5 Å². The predicted molar refractivity (Wildman–Crippen MR) is 129 cm³/mol. The van der Waals surface area contributed by atoms with Gasteiger partial charge >= 0.3 is 0 Å². The third kappa shape index (κ3) is 7.58. The van der Waals surface area contributed by atoms with E-state index in [4.69, 9.17) is 0 Å². The quantitative estimate of drug-likeness (QED) is 0.263. The first kappa shape index (κ1) is 24.7. The second-order valence-electron chi connectivity index (χ2n) is 6.77. The molecule has 0 saturated heterocycles. The molecule has 0 aliphatic heterocycles. The highest BCUT2D eigenvalue weighted by Gasteiger charge is 2.11. The number of aliphatic imine (C=N–C) groups is 1. The average Bonchev–Trinajstić information content (AvgIpc) is 3.24. The van der Waals surface area contributed by atoms with Gasteiger partial charge in [-0.1, -0.05) is 18.2 Å². The fourth-order valence-corrected chi connectivity index (χ4v) is 3.72. The number of halogens is 2. The first-order chi connectivity index (χ1) is 14.3. The van der Waals surface area contributed by atoms with Crippen LogP contribution in [0.15, 0.2) is 60.1 Å². The van der Waals surface area contributed by atoms with Gasteiger partial charge in [0.05, 0.1) is 11.4 Å². The molecule has 0 unspecified atom stereocenters. The molecule has 0 bridgehead atoms. The van der Waals surface area contributed by atoms with Gasteiger partial charge in [-0.2, -0.15) is 5.10 Å². The van der Waals surface area contributed by atoms with Crippen molar-refractivity contribution in [3.8, 4) is 5.69 Å². The lowest BCUT2D eigenvalue weighted by molar-refractivity contribution is 0.599. The van der Waals surface area contributed by atoms with E-state index < -0.39 is 15.7 Å². The van der Waals surface area contributed by atoms with Crippen molar-refractivity contribution in [2.24, 2.45) is 4.99 Å². The van der Waals surface area contributed by atoms with Crippen LogP contribution >= 0.6 is 24.0 Å². The zero-order valence-corrected chi connectivity index (χ0v) is 20.3. The van der Waals surface area contributed by atoms with Gasteiger partial charge in [-0.15, -0.1) is 24.0 Å². The molecular weight excluding hydrogens is 534 g/mol. The van der Waals surface area contributed by atoms with Crippen molar-refractivity contribution in [1.29, 1.82) is 0 Å². The van der Waals surface area contributed by atoms with Crippen molar-refractivity contribution in [2.45, 2.75) is 18.8 Å². The molecular formula is C20H24FIN6O2S. The Hall–Kier alpha value is -2.54. The van der Waals surface area contributed by atoms with Gasteiger partial charge < -0.3 is 10.6 Å². The summed E-state index contributed by atoms with van der Waals surface area (Å²) in [5, 5.41) is 10.4. The predicted octanol–water partition coefficient (Wildman–Crippen LogP) is 2.43. The van der Waals surface area contributed by atoms with Crippen LogP contribution in [0.3, 0.4) is 0 Å². The van der Waals surface area contributed by atoms with E-state index in [2.05, 4.69) is 25.7 Å². The molecule has 0 saturated carbocycles. The highest BCUT2D eigenvalue weighted by atomic mass is 127. The Morgan fingerprint density at radius 3 is 2.42 bits per heavy atom. The molecule has 11 heteroatoms. The number of benzene rings is 2. The zero-order valence-electron chi connectivity index (χ0n) is 17.1. The van der Waals surface area contributed by atoms with Crippen molar-refractivity contribution < 1.29 is 12.8 Å². The number of guanidine groups is 1. The van der Waals surface area contributed by atoms with Gasteiger partial charge in [0.25, 0.3) is 0 Å². The van der Waals surface area contributed by atoms with Gasteiger partial charge in [0.2, 0.25) is 0 Å². The van der Waals surface area contributed by atoms with Crippen LogP contribution in [-0.4, -0.2) is 42.4 Å². The summed E-state index contributed by atoms with van der Waals surface area (Å²) in [6.45, 7) is 0.768. The van der Waals surface area contributed by atoms with Crippen LogP contribution in [0.2, 0.25) is 0 Å². The van der Waals surface area contributed by atoms with E-state index in [-0.39, 0.29) is 36.3 Å². The number of nitrogens with zero attached hydrogens (tertiary/aromatic N) is 4. The molecule has 0 fully saturated rings. The third-order valence-electron chi connectivity index (χ3n) is 4.34. The van der Waals surface area contributed by atoms with Gasteiger partial charge in [0, 0.05) is 26.4 Å². The summed E-state index contributed by atoms with van der Waals surface area (Å²) in [7, 11) is -1.60. The Morgan fingerprint density at radius 1 is 1.10 bits per heavy atom. The molecule has 0 radical (unpaired) electrons. The summed E-state index contributed by atoms with van der Waals surface area (Å²) in [4.78, 5) is 8.09. The van der Waals surface area contributed by atoms with Crippen LogP contribution in [0.1, 0.15) is 16.7 Å². The van der Waals surface area contributed by atoms with Crippen LogP contribution < -0.4 is 10.6 Å². The topological polar surface area (TPSA) is 101 Å². The highest BCUT2D eigenvalue weighted by molar-refractivity contribution is 14.0. The summed E-state index contributed by atoms with van der Waals surface area (Å²) in [5.74, 6) is -0.0431. The van der Waals surface area contributed by atoms with Crippen molar-refractivity contribution in [1.82, 2.24) is 25.4 Å². The minimum Gasteiger partial charge on any atom is -0.352 e. The number of aromatic nitrogens is 3. The molecule has 2 aromatic carbocycles. The molecule has 0 spiro atoms. The Labute approximate surface area is 197 Å². The minimum atomic E-state index is -3.23. The van der Waals surface area contributed by atoms with Crippen LogP contribution in [0.4, 0.5) is 4.39 Å². The molecule has 0 amide bonds. The summed E-state index contributed by atoms with van der Waals surface area (Å²) >= 11 is 0. The van der Waals surface area contributed by atoms with Crippen LogP contribution in [0.5, 0.6) is 0 Å². The Bertz CT molecular complexity index is 1120. The molecule has 1 aromatic heterocycles. The molecule has 3 aromatic rings. The van der Waals surface area contributed by atoms with Crippen LogP contribution in [-0.2, 0) is 28.7 Å². The number of hydrogen-bond acceptors (Lipinski definition) is 5. The average molecular weight is 558 g/mol. The molecule has 1 heterocycles. The maximum atomic E-state index is 13.7. The number of rotatable bonds is 7. The maximum Gasteiger partial charge on any atom is 0.191 e. The largest absolute Gasteiger partial charge is 0.352 e. The molecule has 8 nitrogen and oxygen atoms in total. The van der Waals surface area contributed by atoms with Gasteiger partial charge in [-0.3, -0.25) is 4.99 Å². The normalized spacial score (nSPS) is 11.6. The summed E-state index contributed by atoms with van der Waals surface area (Å²) in [5.41, 5.74) is 3.07. The fourth-order valence-electron chi connectivity index (χ4n) is 2.88. The molecule has 0 atom stereocenters. The number of sulfone groups is 1. The Balaban J connectivity index is 0.00000341. The summed E-state index contributed by atoms with van der Waals surface area (Å²) < 4.78 is 38.6. The third-order valence-corrected chi connectivity index (χ3v) is 5.17. The van der Waals surface area contributed by atoms with Gasteiger partial charge in [0.1, 0.15) is 18.5 Å². The first-order valence-electron chi connectivity index (χ1n) is 9.17. The zero-order chi connectivity index (χ0) is 21.6. The number of hydrogen-bond donors (Lipinski definition) is 2. The SMILES string of the molecule is CN=C(NCc1ccc(-n2cncn2)cc1)NCc1cc(F)ccc1CS(C)(=O)=O.I. The lowest BCUT2D eigenvalue weighted by atomic mass is 10.1. The maximum absolute atomic E-state index is 13.7. The van der Waals surface area contributed by atoms with Gasteiger partial charge in [0.15, 0.2) is 15.8 Å². The smallest absolute Gasteiger partial charge is 0.191 e. The van der Waals surface area contributed by atoms with E-state index in [1.54, 1.807) is 18.1 Å². The fraction of sp³-hybridized carbons (Fsp3) is 0.250. The van der Waals surface area contributed by atoms with Gasteiger partial charge in [-0.25, -0.2) is 22.5 Å². The molecule has 0 aliphatic carbocycles. The van der Waals surface area contributed by atoms with Crippen molar-refractivity contribution in [2.75, 3.05) is 13.3 Å². The molecule has 166 valence electrons. The lowest BCUT2D eigenvalue weighted by Crippen LogP contribution is -2.36. The number of nitrogens with one attached hydrogen (secondary N) is 2. The Kier molecular flexibility index (Phi) is 8.92. The molecule has 31 heavy (non-hydrogen) atoms. The Morgan fingerprint density at radius 2 is 1.81 bits per heavy atom. The molecule has 0 aliphatic rings. The second-order valence-corrected chi connectivity index (χ2v) is 8.91. The summed E-state index contributed by atoms with van der Waals surface area (Å²) in [6.07, 6.45) is 4.26. The molecule has 2 N–H and O–H groups in total. The minimum absolute atomic E-state index is 0. The van der Waals surface area contributed by atoms with Crippen molar-refractivity contribution in [3.05, 3.63) is 77.6 Å². The monoisotopic (exact) mass is 558 g/mol. The van der Waals surface area contributed by atoms with Crippen LogP contribution in [0, 0.1) is 5.82 Å². The van der Waals surface area contributed by atoms with E-state index >= 15 is 0 Å². The van der Waals surface area contributed by atoms with E-state index in [1.165, 1.54) is 24.5 Å². The second kappa shape index (κ2) is 11.2. The first-order valence-corrected chi connectivity index (χ1v) is 11.2. The van der Waals surface area contributed by atoms with E-state index in [0.29, 0.717) is 23.6 Å².